The van der Waals surface area contributed by atoms with E-state index in [9.17, 15) is 19.2 Å². The lowest BCUT2D eigenvalue weighted by molar-refractivity contribution is -0.154. The third kappa shape index (κ3) is 2.43. The molecule has 1 aromatic heterocycles. The summed E-state index contributed by atoms with van der Waals surface area (Å²) in [5.41, 5.74) is -1.08. The lowest BCUT2D eigenvalue weighted by atomic mass is 9.52. The first kappa shape index (κ1) is 19.3. The number of benzene rings is 1. The fraction of sp³-hybridized carbons (Fsp3) is 0.364. The van der Waals surface area contributed by atoms with Gasteiger partial charge in [0.1, 0.15) is 6.61 Å². The zero-order chi connectivity index (χ0) is 21.9. The molecule has 31 heavy (non-hydrogen) atoms. The van der Waals surface area contributed by atoms with E-state index in [2.05, 4.69) is 0 Å². The van der Waals surface area contributed by atoms with Crippen molar-refractivity contribution >= 4 is 11.9 Å². The highest BCUT2D eigenvalue weighted by Crippen LogP contribution is 2.63. The molecule has 9 heteroatoms. The maximum atomic E-state index is 13.4. The maximum absolute atomic E-state index is 13.4. The van der Waals surface area contributed by atoms with E-state index in [1.54, 1.807) is 43.3 Å². The van der Waals surface area contributed by atoms with Gasteiger partial charge in [0.25, 0.3) is 0 Å². The molecule has 2 aromatic rings. The number of carbonyl (C=O) groups is 2. The van der Waals surface area contributed by atoms with Gasteiger partial charge in [0, 0.05) is 18.4 Å². The molecular formula is C22H21N3O6. The van der Waals surface area contributed by atoms with Crippen LogP contribution in [0.1, 0.15) is 25.9 Å². The van der Waals surface area contributed by atoms with Gasteiger partial charge in [0.15, 0.2) is 0 Å². The predicted octanol–water partition coefficient (Wildman–Crippen LogP) is 1.14. The number of ether oxygens (including phenoxy) is 2. The summed E-state index contributed by atoms with van der Waals surface area (Å²) in [6, 6.07) is 7.54. The smallest absolute Gasteiger partial charge is 0.352 e. The Kier molecular flexibility index (Phi) is 4.18. The third-order valence-corrected chi connectivity index (χ3v) is 6.41. The lowest BCUT2D eigenvalue weighted by Crippen LogP contribution is -2.62. The number of carbonyl (C=O) groups excluding carboxylic acids is 2. The zero-order valence-corrected chi connectivity index (χ0v) is 17.1. The van der Waals surface area contributed by atoms with E-state index < -0.39 is 40.8 Å². The fourth-order valence-corrected chi connectivity index (χ4v) is 5.11. The Hall–Kier alpha value is -3.62. The summed E-state index contributed by atoms with van der Waals surface area (Å²) in [5, 5.41) is 0. The van der Waals surface area contributed by atoms with Crippen LogP contribution < -0.4 is 11.4 Å². The molecule has 6 rings (SSSR count). The van der Waals surface area contributed by atoms with Crippen molar-refractivity contribution in [3.05, 3.63) is 75.1 Å². The number of hydrogen-bond acceptors (Lipinski definition) is 6. The Morgan fingerprint density at radius 3 is 2.42 bits per heavy atom. The number of esters is 2. The number of hydrogen-bond donors (Lipinski definition) is 0. The van der Waals surface area contributed by atoms with Crippen LogP contribution in [0.3, 0.4) is 0 Å². The molecule has 4 aliphatic rings. The van der Waals surface area contributed by atoms with Crippen molar-refractivity contribution in [3.63, 3.8) is 0 Å². The van der Waals surface area contributed by atoms with Crippen LogP contribution in [0.5, 0.6) is 0 Å². The first-order valence-electron chi connectivity index (χ1n) is 10.1. The van der Waals surface area contributed by atoms with Crippen LogP contribution in [-0.2, 0) is 19.1 Å². The molecule has 2 bridgehead atoms. The molecule has 3 heterocycles. The van der Waals surface area contributed by atoms with Crippen molar-refractivity contribution in [2.75, 3.05) is 13.2 Å². The number of allylic oxidation sites excluding steroid dienone is 3. The molecule has 4 atom stereocenters. The molecule has 0 N–H and O–H groups in total. The zero-order valence-electron chi connectivity index (χ0n) is 17.1. The van der Waals surface area contributed by atoms with Gasteiger partial charge in [-0.2, -0.15) is 0 Å². The highest BCUT2D eigenvalue weighted by Gasteiger charge is 2.65. The molecule has 0 spiro atoms. The largest absolute Gasteiger partial charge is 0.465 e. The summed E-state index contributed by atoms with van der Waals surface area (Å²) in [7, 11) is 0. The highest BCUT2D eigenvalue weighted by atomic mass is 16.5. The molecular weight excluding hydrogens is 402 g/mol. The Bertz CT molecular complexity index is 1260. The van der Waals surface area contributed by atoms with Crippen LogP contribution in [-0.4, -0.2) is 39.1 Å². The lowest BCUT2D eigenvalue weighted by Gasteiger charge is -2.58. The van der Waals surface area contributed by atoms with E-state index in [1.165, 1.54) is 16.3 Å². The van der Waals surface area contributed by atoms with Gasteiger partial charge in [-0.1, -0.05) is 36.4 Å². The first-order valence-corrected chi connectivity index (χ1v) is 10.1. The summed E-state index contributed by atoms with van der Waals surface area (Å²) in [4.78, 5) is 51.0. The average molecular weight is 423 g/mol. The molecule has 2 aliphatic heterocycles. The van der Waals surface area contributed by atoms with Gasteiger partial charge in [0.05, 0.1) is 29.8 Å². The molecule has 0 radical (unpaired) electrons. The Balaban J connectivity index is 1.70. The van der Waals surface area contributed by atoms with Crippen LogP contribution in [0.25, 0.3) is 5.69 Å². The van der Waals surface area contributed by atoms with E-state index in [0.717, 1.165) is 4.57 Å². The van der Waals surface area contributed by atoms with Crippen molar-refractivity contribution in [2.45, 2.75) is 25.9 Å². The fourth-order valence-electron chi connectivity index (χ4n) is 5.11. The summed E-state index contributed by atoms with van der Waals surface area (Å²) >= 11 is 0. The molecule has 160 valence electrons. The van der Waals surface area contributed by atoms with Crippen LogP contribution in [0.2, 0.25) is 0 Å². The second-order valence-corrected chi connectivity index (χ2v) is 7.89. The average Bonchev–Trinajstić information content (AvgIpc) is 3.00. The molecule has 9 nitrogen and oxygen atoms in total. The predicted molar refractivity (Wildman–Crippen MR) is 109 cm³/mol. The van der Waals surface area contributed by atoms with E-state index >= 15 is 0 Å². The summed E-state index contributed by atoms with van der Waals surface area (Å²) in [5.74, 6) is -1.28. The van der Waals surface area contributed by atoms with Crippen LogP contribution >= 0.6 is 0 Å². The SMILES string of the molecule is CCOC(=O)C1=C[C@H]2[C@H]3C=C[C@H](n4c(=O)n(-c5ccccc5)c(=O)n43)[C@@]12COC(C)=O. The van der Waals surface area contributed by atoms with Gasteiger partial charge in [0.2, 0.25) is 0 Å². The van der Waals surface area contributed by atoms with Gasteiger partial charge in [-0.25, -0.2) is 28.3 Å². The van der Waals surface area contributed by atoms with Gasteiger partial charge >= 0.3 is 23.3 Å². The minimum atomic E-state index is -0.962. The van der Waals surface area contributed by atoms with Gasteiger partial charge in [-0.15, -0.1) is 0 Å². The standard InChI is InChI=1S/C22H21N3O6/c1-3-30-19(27)16-11-15-17-9-10-18(22(15,16)12-31-13(2)26)25-21(29)23(20(28)24(17)25)14-7-5-4-6-8-14/h4-11,15,17-18H,3,12H2,1-2H3/t15-,17+,18-,22+/m0/s1. The number of para-hydroxylation sites is 1. The molecule has 0 saturated carbocycles. The van der Waals surface area contributed by atoms with E-state index in [1.807, 2.05) is 12.2 Å². The van der Waals surface area contributed by atoms with Crippen molar-refractivity contribution < 1.29 is 19.1 Å². The molecule has 0 unspecified atom stereocenters. The molecule has 0 fully saturated rings. The first-order chi connectivity index (χ1) is 14.9. The second-order valence-electron chi connectivity index (χ2n) is 7.89. The van der Waals surface area contributed by atoms with E-state index in [0.29, 0.717) is 11.3 Å². The molecule has 0 amide bonds. The Morgan fingerprint density at radius 1 is 1.03 bits per heavy atom. The topological polar surface area (TPSA) is 102 Å². The molecule has 1 aromatic carbocycles. The van der Waals surface area contributed by atoms with Gasteiger partial charge in [-0.05, 0) is 19.1 Å². The van der Waals surface area contributed by atoms with Crippen molar-refractivity contribution in [1.29, 1.82) is 0 Å². The normalized spacial score (nSPS) is 27.0. The highest BCUT2D eigenvalue weighted by molar-refractivity contribution is 5.93. The summed E-state index contributed by atoms with van der Waals surface area (Å²) < 4.78 is 14.5. The van der Waals surface area contributed by atoms with E-state index in [4.69, 9.17) is 9.47 Å². The number of nitrogens with zero attached hydrogens (tertiary/aromatic N) is 3. The monoisotopic (exact) mass is 423 g/mol. The minimum absolute atomic E-state index is 0.0830. The maximum Gasteiger partial charge on any atom is 0.352 e. The number of rotatable bonds is 5. The van der Waals surface area contributed by atoms with Crippen molar-refractivity contribution in [3.8, 4) is 5.69 Å². The van der Waals surface area contributed by atoms with Crippen molar-refractivity contribution in [2.24, 2.45) is 11.3 Å². The Morgan fingerprint density at radius 2 is 1.74 bits per heavy atom. The van der Waals surface area contributed by atoms with Crippen molar-refractivity contribution in [1.82, 2.24) is 13.9 Å². The summed E-state index contributed by atoms with van der Waals surface area (Å²) in [6.07, 6.45) is 5.45. The number of aromatic nitrogens is 3. The third-order valence-electron chi connectivity index (χ3n) is 6.41. The van der Waals surface area contributed by atoms with Crippen LogP contribution in [0, 0.1) is 11.3 Å². The van der Waals surface area contributed by atoms with Crippen LogP contribution in [0.15, 0.2) is 63.7 Å². The van der Waals surface area contributed by atoms with Gasteiger partial charge in [-0.3, -0.25) is 4.79 Å². The minimum Gasteiger partial charge on any atom is -0.465 e. The quantitative estimate of drug-likeness (QED) is 0.528. The second kappa shape index (κ2) is 6.69. The van der Waals surface area contributed by atoms with E-state index in [-0.39, 0.29) is 19.1 Å². The molecule has 0 saturated heterocycles. The molecule has 2 aliphatic carbocycles. The van der Waals surface area contributed by atoms with Crippen LogP contribution in [0.4, 0.5) is 0 Å². The van der Waals surface area contributed by atoms with Gasteiger partial charge < -0.3 is 9.47 Å². The Labute approximate surface area is 176 Å². The summed E-state index contributed by atoms with van der Waals surface area (Å²) in [6.45, 7) is 3.12.